The van der Waals surface area contributed by atoms with Crippen molar-refractivity contribution in [2.75, 3.05) is 19.4 Å². The summed E-state index contributed by atoms with van der Waals surface area (Å²) in [4.78, 5) is 11.9. The Morgan fingerprint density at radius 3 is 2.67 bits per heavy atom. The van der Waals surface area contributed by atoms with Crippen molar-refractivity contribution in [2.45, 2.75) is 19.4 Å². The van der Waals surface area contributed by atoms with Crippen molar-refractivity contribution in [3.63, 3.8) is 0 Å². The second kappa shape index (κ2) is 5.46. The number of benzene rings is 1. The average molecular weight is 273 g/mol. The molecule has 0 radical (unpaired) electrons. The van der Waals surface area contributed by atoms with Gasteiger partial charge in [0.15, 0.2) is 0 Å². The predicted octanol–water partition coefficient (Wildman–Crippen LogP) is 1.43. The molecule has 1 amide bonds. The molecule has 0 aromatic heterocycles. The zero-order valence-corrected chi connectivity index (χ0v) is 11.3. The van der Waals surface area contributed by atoms with Crippen LogP contribution in [0.1, 0.15) is 24.2 Å². The van der Waals surface area contributed by atoms with Crippen molar-refractivity contribution in [3.8, 4) is 5.75 Å². The van der Waals surface area contributed by atoms with Crippen LogP contribution in [0.3, 0.4) is 0 Å². The van der Waals surface area contributed by atoms with Crippen molar-refractivity contribution >= 4 is 23.2 Å². The molecule has 18 heavy (non-hydrogen) atoms. The molecule has 6 heteroatoms. The molecule has 0 unspecified atom stereocenters. The lowest BCUT2D eigenvalue weighted by Gasteiger charge is -2.18. The number of aliphatic hydroxyl groups is 1. The van der Waals surface area contributed by atoms with Crippen molar-refractivity contribution < 1.29 is 14.6 Å². The van der Waals surface area contributed by atoms with Crippen LogP contribution in [0.5, 0.6) is 5.75 Å². The number of nitrogen functional groups attached to an aromatic ring is 1. The monoisotopic (exact) mass is 272 g/mol. The number of hydrogen-bond acceptors (Lipinski definition) is 4. The van der Waals surface area contributed by atoms with Crippen LogP contribution in [-0.2, 0) is 0 Å². The summed E-state index contributed by atoms with van der Waals surface area (Å²) in [6, 6.07) is 2.93. The topological polar surface area (TPSA) is 84.6 Å². The van der Waals surface area contributed by atoms with E-state index in [1.165, 1.54) is 19.2 Å². The van der Waals surface area contributed by atoms with E-state index in [0.29, 0.717) is 11.4 Å². The molecule has 5 nitrogen and oxygen atoms in total. The number of halogens is 1. The molecule has 0 aliphatic carbocycles. The van der Waals surface area contributed by atoms with Gasteiger partial charge in [-0.15, -0.1) is 0 Å². The largest absolute Gasteiger partial charge is 0.496 e. The van der Waals surface area contributed by atoms with E-state index in [2.05, 4.69) is 5.32 Å². The fourth-order valence-corrected chi connectivity index (χ4v) is 1.47. The Kier molecular flexibility index (Phi) is 4.43. The van der Waals surface area contributed by atoms with Crippen molar-refractivity contribution in [3.05, 3.63) is 22.7 Å². The van der Waals surface area contributed by atoms with Crippen molar-refractivity contribution in [2.24, 2.45) is 0 Å². The van der Waals surface area contributed by atoms with E-state index in [0.717, 1.165) is 0 Å². The third-order valence-corrected chi connectivity index (χ3v) is 2.57. The van der Waals surface area contributed by atoms with E-state index < -0.39 is 5.60 Å². The van der Waals surface area contributed by atoms with Crippen molar-refractivity contribution in [1.82, 2.24) is 5.32 Å². The van der Waals surface area contributed by atoms with Gasteiger partial charge < -0.3 is 20.9 Å². The molecule has 0 aliphatic rings. The highest BCUT2D eigenvalue weighted by molar-refractivity contribution is 6.33. The number of carbonyl (C=O) groups excluding carboxylic acids is 1. The third-order valence-electron chi connectivity index (χ3n) is 2.24. The maximum absolute atomic E-state index is 11.9. The van der Waals surface area contributed by atoms with E-state index in [4.69, 9.17) is 22.1 Å². The third kappa shape index (κ3) is 3.78. The Labute approximate surface area is 111 Å². The molecule has 0 fully saturated rings. The predicted molar refractivity (Wildman–Crippen MR) is 71.0 cm³/mol. The Morgan fingerprint density at radius 1 is 1.56 bits per heavy atom. The fraction of sp³-hybridized carbons (Fsp3) is 0.417. The molecule has 0 bridgehead atoms. The first-order valence-electron chi connectivity index (χ1n) is 5.38. The van der Waals surface area contributed by atoms with Crippen LogP contribution >= 0.6 is 11.6 Å². The second-order valence-electron chi connectivity index (χ2n) is 4.57. The van der Waals surface area contributed by atoms with Gasteiger partial charge in [-0.05, 0) is 19.9 Å². The van der Waals surface area contributed by atoms with Crippen LogP contribution in [0.2, 0.25) is 5.02 Å². The minimum absolute atomic E-state index is 0.122. The van der Waals surface area contributed by atoms with Gasteiger partial charge >= 0.3 is 0 Å². The SMILES string of the molecule is COc1cc(N)c(Cl)cc1C(=O)NCC(C)(C)O. The van der Waals surface area contributed by atoms with Gasteiger partial charge in [0, 0.05) is 12.6 Å². The lowest BCUT2D eigenvalue weighted by atomic mass is 10.1. The molecule has 0 spiro atoms. The Morgan fingerprint density at radius 2 is 2.17 bits per heavy atom. The highest BCUT2D eigenvalue weighted by Gasteiger charge is 2.18. The van der Waals surface area contributed by atoms with Gasteiger partial charge in [0.2, 0.25) is 0 Å². The molecular formula is C12H17ClN2O3. The standard InChI is InChI=1S/C12H17ClN2O3/c1-12(2,17)6-15-11(16)7-4-8(13)9(14)5-10(7)18-3/h4-5,17H,6,14H2,1-3H3,(H,15,16). The number of nitrogens with one attached hydrogen (secondary N) is 1. The lowest BCUT2D eigenvalue weighted by molar-refractivity contribution is 0.0693. The number of anilines is 1. The van der Waals surface area contributed by atoms with Crippen LogP contribution in [-0.4, -0.2) is 30.3 Å². The van der Waals surface area contributed by atoms with Gasteiger partial charge in [0.05, 0.1) is 29.0 Å². The molecule has 1 rings (SSSR count). The van der Waals surface area contributed by atoms with E-state index in [1.54, 1.807) is 13.8 Å². The molecule has 0 aliphatic heterocycles. The van der Waals surface area contributed by atoms with E-state index in [-0.39, 0.29) is 23.0 Å². The minimum Gasteiger partial charge on any atom is -0.496 e. The zero-order chi connectivity index (χ0) is 13.9. The lowest BCUT2D eigenvalue weighted by Crippen LogP contribution is -2.38. The van der Waals surface area contributed by atoms with Crippen LogP contribution in [0, 0.1) is 0 Å². The molecule has 0 atom stereocenters. The summed E-state index contributed by atoms with van der Waals surface area (Å²) in [6.45, 7) is 3.32. The molecule has 100 valence electrons. The number of carbonyl (C=O) groups is 1. The van der Waals surface area contributed by atoms with Crippen LogP contribution in [0.4, 0.5) is 5.69 Å². The summed E-state index contributed by atoms with van der Waals surface area (Å²) in [5.41, 5.74) is 5.26. The van der Waals surface area contributed by atoms with Crippen LogP contribution < -0.4 is 15.8 Å². The smallest absolute Gasteiger partial charge is 0.255 e. The molecule has 0 saturated heterocycles. The summed E-state index contributed by atoms with van der Waals surface area (Å²) in [7, 11) is 1.44. The number of amides is 1. The Balaban J connectivity index is 2.95. The van der Waals surface area contributed by atoms with Gasteiger partial charge in [-0.1, -0.05) is 11.6 Å². The van der Waals surface area contributed by atoms with Gasteiger partial charge in [-0.25, -0.2) is 0 Å². The zero-order valence-electron chi connectivity index (χ0n) is 10.6. The number of ether oxygens (including phenoxy) is 1. The first-order chi connectivity index (χ1) is 8.24. The van der Waals surface area contributed by atoms with Gasteiger partial charge in [-0.2, -0.15) is 0 Å². The highest BCUT2D eigenvalue weighted by Crippen LogP contribution is 2.28. The maximum Gasteiger partial charge on any atom is 0.255 e. The van der Waals surface area contributed by atoms with Gasteiger partial charge in [0.25, 0.3) is 5.91 Å². The quantitative estimate of drug-likeness (QED) is 0.724. The highest BCUT2D eigenvalue weighted by atomic mass is 35.5. The fourth-order valence-electron chi connectivity index (χ4n) is 1.31. The average Bonchev–Trinajstić information content (AvgIpc) is 2.28. The molecule has 1 aromatic rings. The summed E-state index contributed by atoms with van der Waals surface area (Å²) in [5.74, 6) is -0.0407. The second-order valence-corrected chi connectivity index (χ2v) is 4.98. The van der Waals surface area contributed by atoms with E-state index >= 15 is 0 Å². The molecule has 0 heterocycles. The molecule has 4 N–H and O–H groups in total. The number of hydrogen-bond donors (Lipinski definition) is 3. The van der Waals surface area contributed by atoms with Crippen molar-refractivity contribution in [1.29, 1.82) is 0 Å². The molecule has 1 aromatic carbocycles. The van der Waals surface area contributed by atoms with Gasteiger partial charge in [0.1, 0.15) is 5.75 Å². The van der Waals surface area contributed by atoms with Crippen LogP contribution in [0.25, 0.3) is 0 Å². The minimum atomic E-state index is -0.986. The number of nitrogens with two attached hydrogens (primary N) is 1. The summed E-state index contributed by atoms with van der Waals surface area (Å²) in [5, 5.41) is 12.4. The first kappa shape index (κ1) is 14.6. The summed E-state index contributed by atoms with van der Waals surface area (Å²) in [6.07, 6.45) is 0. The Hall–Kier alpha value is -1.46. The number of methoxy groups -OCH3 is 1. The van der Waals surface area contributed by atoms with E-state index in [9.17, 15) is 9.90 Å². The molecular weight excluding hydrogens is 256 g/mol. The summed E-state index contributed by atoms with van der Waals surface area (Å²) < 4.78 is 5.07. The normalized spacial score (nSPS) is 11.2. The Bertz CT molecular complexity index is 455. The van der Waals surface area contributed by atoms with Crippen LogP contribution in [0.15, 0.2) is 12.1 Å². The first-order valence-corrected chi connectivity index (χ1v) is 5.76. The van der Waals surface area contributed by atoms with E-state index in [1.807, 2.05) is 0 Å². The number of rotatable bonds is 4. The molecule has 0 saturated carbocycles. The van der Waals surface area contributed by atoms with Gasteiger partial charge in [-0.3, -0.25) is 4.79 Å². The maximum atomic E-state index is 11.9. The summed E-state index contributed by atoms with van der Waals surface area (Å²) >= 11 is 5.87.